The van der Waals surface area contributed by atoms with Crippen LogP contribution in [0.1, 0.15) is 108 Å². The molecule has 0 spiro atoms. The second-order valence-electron chi connectivity index (χ2n) is 14.3. The van der Waals surface area contributed by atoms with E-state index in [1.165, 1.54) is 19.3 Å². The number of carbonyl (C=O) groups excluding carboxylic acids is 2. The van der Waals surface area contributed by atoms with E-state index in [9.17, 15) is 14.7 Å². The number of nitrogens with one attached hydrogen (secondary N) is 2. The number of likely N-dealkylation sites (tertiary alicyclic amines) is 1. The predicted molar refractivity (Wildman–Crippen MR) is 168 cm³/mol. The molecule has 2 bridgehead atoms. The number of benzene rings is 2. The zero-order valence-electron chi connectivity index (χ0n) is 26.4. The van der Waals surface area contributed by atoms with E-state index in [0.29, 0.717) is 41.8 Å². The van der Waals surface area contributed by atoms with Crippen LogP contribution in [0.25, 0.3) is 0 Å². The zero-order valence-corrected chi connectivity index (χ0v) is 26.4. The Hall–Kier alpha value is -2.82. The van der Waals surface area contributed by atoms with Crippen molar-refractivity contribution in [1.82, 2.24) is 10.4 Å². The molecule has 9 nitrogen and oxygen atoms in total. The lowest BCUT2D eigenvalue weighted by atomic mass is 9.65. The van der Waals surface area contributed by atoms with Crippen molar-refractivity contribution in [3.05, 3.63) is 65.2 Å². The number of aliphatic hydroxyl groups is 1. The topological polar surface area (TPSA) is 120 Å². The first-order valence-corrected chi connectivity index (χ1v) is 16.1. The molecule has 240 valence electrons. The average molecular weight is 608 g/mol. The van der Waals surface area contributed by atoms with E-state index in [2.05, 4.69) is 31.0 Å². The number of hydrogen-bond donors (Lipinski definition) is 4. The summed E-state index contributed by atoms with van der Waals surface area (Å²) in [5.41, 5.74) is 5.80. The van der Waals surface area contributed by atoms with Crippen LogP contribution in [0.2, 0.25) is 0 Å². The summed E-state index contributed by atoms with van der Waals surface area (Å²) >= 11 is 0. The molecule has 2 saturated heterocycles. The van der Waals surface area contributed by atoms with Crippen LogP contribution in [0.15, 0.2) is 48.5 Å². The quantitative estimate of drug-likeness (QED) is 0.132. The average Bonchev–Trinajstić information content (AvgIpc) is 3.23. The smallest absolute Gasteiger partial charge is 0.243 e. The monoisotopic (exact) mass is 607 g/mol. The molecule has 9 heteroatoms. The molecule has 2 heterocycles. The standard InChI is InChI=1S/C35H49N3O6/c1-34(2)18-28-19-35(3,22-34)23-38(28)20-29-17-30(25-14-12-24(21-39)13-15-25)44-33(43-29)26-8-7-9-27(16-26)36-31(40)10-5-4-6-11-32(41)37-42/h7-9,12-16,28-30,33,39,42H,4-6,10-11,17-23H2,1-3H3,(H,36,40)(H,37,41)/t28?,29-,30+,33+,35?/m0/s1. The third-order valence-corrected chi connectivity index (χ3v) is 9.45. The Labute approximate surface area is 261 Å². The number of aliphatic hydroxyl groups excluding tert-OH is 1. The zero-order chi connectivity index (χ0) is 31.3. The number of hydroxylamine groups is 1. The number of nitrogens with zero attached hydrogens (tertiary/aromatic N) is 1. The molecule has 44 heavy (non-hydrogen) atoms. The summed E-state index contributed by atoms with van der Waals surface area (Å²) in [6.45, 7) is 9.20. The van der Waals surface area contributed by atoms with Gasteiger partial charge in [0.2, 0.25) is 11.8 Å². The van der Waals surface area contributed by atoms with Crippen LogP contribution in [0.5, 0.6) is 0 Å². The fraction of sp³-hybridized carbons (Fsp3) is 0.600. The van der Waals surface area contributed by atoms with E-state index in [0.717, 1.165) is 42.6 Å². The first-order valence-electron chi connectivity index (χ1n) is 16.1. The molecule has 2 aromatic carbocycles. The highest BCUT2D eigenvalue weighted by Gasteiger charge is 2.50. The van der Waals surface area contributed by atoms with Crippen LogP contribution in [-0.2, 0) is 25.7 Å². The van der Waals surface area contributed by atoms with E-state index >= 15 is 0 Å². The SMILES string of the molecule is CC1(C)CC2CC(C)(CN2C[C@@H]2C[C@H](c3ccc(CO)cc3)O[C@H](c3cccc(NC(=O)CCCCCC(=O)NO)c3)O2)C1. The van der Waals surface area contributed by atoms with Crippen molar-refractivity contribution in [2.75, 3.05) is 18.4 Å². The molecule has 4 N–H and O–H groups in total. The molecule has 3 aliphatic rings. The van der Waals surface area contributed by atoms with Gasteiger partial charge in [-0.05, 0) is 66.2 Å². The van der Waals surface area contributed by atoms with Crippen molar-refractivity contribution in [2.24, 2.45) is 10.8 Å². The highest BCUT2D eigenvalue weighted by atomic mass is 16.7. The fourth-order valence-corrected chi connectivity index (χ4v) is 7.88. The van der Waals surface area contributed by atoms with E-state index in [4.69, 9.17) is 14.7 Å². The minimum Gasteiger partial charge on any atom is -0.392 e. The largest absolute Gasteiger partial charge is 0.392 e. The van der Waals surface area contributed by atoms with Gasteiger partial charge in [0.05, 0.1) is 18.8 Å². The molecule has 2 amide bonds. The Morgan fingerprint density at radius 2 is 1.70 bits per heavy atom. The van der Waals surface area contributed by atoms with Crippen LogP contribution in [-0.4, -0.2) is 52.3 Å². The van der Waals surface area contributed by atoms with Gasteiger partial charge in [-0.25, -0.2) is 5.48 Å². The van der Waals surface area contributed by atoms with E-state index in [-0.39, 0.29) is 31.1 Å². The van der Waals surface area contributed by atoms with Gasteiger partial charge < -0.3 is 19.9 Å². The van der Waals surface area contributed by atoms with Gasteiger partial charge in [-0.1, -0.05) is 63.6 Å². The number of carbonyl (C=O) groups is 2. The summed E-state index contributed by atoms with van der Waals surface area (Å²) in [6, 6.07) is 16.2. The van der Waals surface area contributed by atoms with Gasteiger partial charge in [0, 0.05) is 49.6 Å². The van der Waals surface area contributed by atoms with Gasteiger partial charge in [-0.15, -0.1) is 0 Å². The summed E-state index contributed by atoms with van der Waals surface area (Å²) in [5.74, 6) is -0.498. The molecule has 5 atom stereocenters. The molecule has 2 aromatic rings. The Bertz CT molecular complexity index is 1280. The highest BCUT2D eigenvalue weighted by molar-refractivity contribution is 5.90. The second-order valence-corrected chi connectivity index (χ2v) is 14.3. The minimum atomic E-state index is -0.584. The number of anilines is 1. The lowest BCUT2D eigenvalue weighted by molar-refractivity contribution is -0.253. The maximum Gasteiger partial charge on any atom is 0.243 e. The van der Waals surface area contributed by atoms with Crippen molar-refractivity contribution < 1.29 is 29.4 Å². The van der Waals surface area contributed by atoms with Gasteiger partial charge in [0.15, 0.2) is 6.29 Å². The van der Waals surface area contributed by atoms with Gasteiger partial charge in [-0.2, -0.15) is 0 Å². The predicted octanol–water partition coefficient (Wildman–Crippen LogP) is 6.02. The lowest BCUT2D eigenvalue weighted by Gasteiger charge is -2.41. The van der Waals surface area contributed by atoms with Crippen molar-refractivity contribution in [3.63, 3.8) is 0 Å². The van der Waals surface area contributed by atoms with E-state index in [1.807, 2.05) is 48.5 Å². The Morgan fingerprint density at radius 1 is 0.955 bits per heavy atom. The molecule has 0 radical (unpaired) electrons. The maximum absolute atomic E-state index is 12.6. The summed E-state index contributed by atoms with van der Waals surface area (Å²) < 4.78 is 13.3. The molecule has 1 aliphatic carbocycles. The van der Waals surface area contributed by atoms with E-state index in [1.54, 1.807) is 5.48 Å². The van der Waals surface area contributed by atoms with Crippen LogP contribution in [0, 0.1) is 10.8 Å². The normalized spacial score (nSPS) is 28.0. The summed E-state index contributed by atoms with van der Waals surface area (Å²) in [7, 11) is 0. The molecule has 0 aromatic heterocycles. The molecular formula is C35H49N3O6. The van der Waals surface area contributed by atoms with Crippen LogP contribution in [0.4, 0.5) is 5.69 Å². The summed E-state index contributed by atoms with van der Waals surface area (Å²) in [6.07, 6.45) is 6.28. The summed E-state index contributed by atoms with van der Waals surface area (Å²) in [4.78, 5) is 26.4. The van der Waals surface area contributed by atoms with Crippen molar-refractivity contribution >= 4 is 17.5 Å². The third kappa shape index (κ3) is 8.46. The molecule has 5 rings (SSSR count). The van der Waals surface area contributed by atoms with Gasteiger partial charge in [0.25, 0.3) is 0 Å². The Balaban J connectivity index is 1.26. The Morgan fingerprint density at radius 3 is 2.43 bits per heavy atom. The van der Waals surface area contributed by atoms with Crippen LogP contribution >= 0.6 is 0 Å². The first kappa shape index (κ1) is 32.6. The van der Waals surface area contributed by atoms with Crippen molar-refractivity contribution in [2.45, 2.75) is 110 Å². The number of unbranched alkanes of at least 4 members (excludes halogenated alkanes) is 2. The summed E-state index contributed by atoms with van der Waals surface area (Å²) in [5, 5.41) is 21.1. The van der Waals surface area contributed by atoms with E-state index < -0.39 is 12.2 Å². The molecule has 2 unspecified atom stereocenters. The highest BCUT2D eigenvalue weighted by Crippen LogP contribution is 2.53. The Kier molecular flexibility index (Phi) is 10.4. The number of ether oxygens (including phenoxy) is 2. The molecule has 3 fully saturated rings. The fourth-order valence-electron chi connectivity index (χ4n) is 7.88. The van der Waals surface area contributed by atoms with Crippen LogP contribution in [0.3, 0.4) is 0 Å². The van der Waals surface area contributed by atoms with Crippen molar-refractivity contribution in [1.29, 1.82) is 0 Å². The first-order chi connectivity index (χ1) is 21.0. The third-order valence-electron chi connectivity index (χ3n) is 9.45. The van der Waals surface area contributed by atoms with Gasteiger partial charge >= 0.3 is 0 Å². The van der Waals surface area contributed by atoms with Crippen LogP contribution < -0.4 is 10.8 Å². The molecular weight excluding hydrogens is 558 g/mol. The minimum absolute atomic E-state index is 0.00497. The molecule has 2 aliphatic heterocycles. The molecule has 1 saturated carbocycles. The number of fused-ring (bicyclic) bond motifs is 2. The van der Waals surface area contributed by atoms with Gasteiger partial charge in [-0.3, -0.25) is 19.7 Å². The van der Waals surface area contributed by atoms with Crippen molar-refractivity contribution in [3.8, 4) is 0 Å². The number of amides is 2. The number of hydrogen-bond acceptors (Lipinski definition) is 7. The number of rotatable bonds is 12. The second kappa shape index (κ2) is 14.1. The lowest BCUT2D eigenvalue weighted by Crippen LogP contribution is -2.42. The van der Waals surface area contributed by atoms with Gasteiger partial charge in [0.1, 0.15) is 0 Å². The maximum atomic E-state index is 12.6.